The molecule has 0 unspecified atom stereocenters. The van der Waals surface area contributed by atoms with Gasteiger partial charge in [0.25, 0.3) is 5.91 Å². The van der Waals surface area contributed by atoms with Crippen LogP contribution in [-0.4, -0.2) is 43.2 Å². The van der Waals surface area contributed by atoms with Gasteiger partial charge in [0.1, 0.15) is 5.75 Å². The number of carbonyl (C=O) groups is 1. The summed E-state index contributed by atoms with van der Waals surface area (Å²) in [7, 11) is 4.02. The second-order valence-corrected chi connectivity index (χ2v) is 7.88. The molecule has 0 bridgehead atoms. The number of hydrogen-bond donors (Lipinski definition) is 0. The molecular weight excluding hydrogens is 382 g/mol. The molecule has 1 fully saturated rings. The van der Waals surface area contributed by atoms with E-state index in [-0.39, 0.29) is 5.91 Å². The third kappa shape index (κ3) is 5.21. The number of benzene rings is 2. The molecule has 1 aliphatic heterocycles. The van der Waals surface area contributed by atoms with Crippen molar-refractivity contribution in [2.45, 2.75) is 20.3 Å². The Morgan fingerprint density at radius 1 is 1.07 bits per heavy atom. The van der Waals surface area contributed by atoms with Gasteiger partial charge in [-0.1, -0.05) is 19.1 Å². The Balaban J connectivity index is 1.85. The molecule has 152 valence electrons. The summed E-state index contributed by atoms with van der Waals surface area (Å²) in [5.41, 5.74) is 2.94. The third-order valence-electron chi connectivity index (χ3n) is 4.42. The molecule has 0 saturated carbocycles. The zero-order valence-corrected chi connectivity index (χ0v) is 18.2. The minimum absolute atomic E-state index is 0.0122. The van der Waals surface area contributed by atoms with Gasteiger partial charge in [-0.15, -0.1) is 0 Å². The monoisotopic (exact) mass is 409 g/mol. The molecular formula is C23H27N3O2S. The van der Waals surface area contributed by atoms with Crippen molar-refractivity contribution in [3.05, 3.63) is 59.0 Å². The highest BCUT2D eigenvalue weighted by molar-refractivity contribution is 8.18. The van der Waals surface area contributed by atoms with E-state index in [1.54, 1.807) is 4.90 Å². The van der Waals surface area contributed by atoms with Crippen LogP contribution in [0.3, 0.4) is 0 Å². The first kappa shape index (κ1) is 21.0. The molecule has 1 heterocycles. The highest BCUT2D eigenvalue weighted by Crippen LogP contribution is 2.34. The van der Waals surface area contributed by atoms with Crippen molar-refractivity contribution in [2.75, 3.05) is 32.1 Å². The first-order valence-electron chi connectivity index (χ1n) is 9.82. The normalized spacial score (nSPS) is 16.7. The van der Waals surface area contributed by atoms with Crippen molar-refractivity contribution in [2.24, 2.45) is 4.99 Å². The van der Waals surface area contributed by atoms with E-state index in [1.807, 2.05) is 63.5 Å². The minimum Gasteiger partial charge on any atom is -0.494 e. The van der Waals surface area contributed by atoms with E-state index in [1.165, 1.54) is 11.8 Å². The summed E-state index contributed by atoms with van der Waals surface area (Å²) >= 11 is 1.43. The van der Waals surface area contributed by atoms with Gasteiger partial charge in [-0.05, 0) is 73.1 Å². The Hall–Kier alpha value is -2.73. The van der Waals surface area contributed by atoms with Gasteiger partial charge in [-0.3, -0.25) is 9.69 Å². The zero-order chi connectivity index (χ0) is 20.8. The summed E-state index contributed by atoms with van der Waals surface area (Å²) in [6.45, 7) is 5.30. The molecule has 0 radical (unpaired) electrons. The molecule has 29 heavy (non-hydrogen) atoms. The van der Waals surface area contributed by atoms with E-state index in [0.29, 0.717) is 18.1 Å². The first-order valence-corrected chi connectivity index (χ1v) is 10.6. The summed E-state index contributed by atoms with van der Waals surface area (Å²) in [6, 6.07) is 15.8. The predicted octanol–water partition coefficient (Wildman–Crippen LogP) is 5.17. The first-order chi connectivity index (χ1) is 14.0. The number of thioether (sulfide) groups is 1. The Bertz CT molecular complexity index is 903. The molecule has 0 aromatic heterocycles. The van der Waals surface area contributed by atoms with E-state index >= 15 is 0 Å². The van der Waals surface area contributed by atoms with Crippen LogP contribution in [-0.2, 0) is 4.79 Å². The fraction of sp³-hybridized carbons (Fsp3) is 0.304. The van der Waals surface area contributed by atoms with Gasteiger partial charge in [0, 0.05) is 26.3 Å². The smallest absolute Gasteiger partial charge is 0.266 e. The molecule has 5 nitrogen and oxygen atoms in total. The Kier molecular flexibility index (Phi) is 6.99. The summed E-state index contributed by atoms with van der Waals surface area (Å²) in [5, 5.41) is 0.720. The van der Waals surface area contributed by atoms with Gasteiger partial charge in [0.05, 0.1) is 17.2 Å². The van der Waals surface area contributed by atoms with Crippen LogP contribution >= 0.6 is 11.8 Å². The van der Waals surface area contributed by atoms with Crippen LogP contribution in [0.1, 0.15) is 25.8 Å². The third-order valence-corrected chi connectivity index (χ3v) is 5.42. The fourth-order valence-electron chi connectivity index (χ4n) is 2.93. The quantitative estimate of drug-likeness (QED) is 0.592. The second kappa shape index (κ2) is 9.65. The van der Waals surface area contributed by atoms with Gasteiger partial charge >= 0.3 is 0 Å². The Morgan fingerprint density at radius 2 is 1.76 bits per heavy atom. The number of ether oxygens (including phenoxy) is 1. The number of amides is 1. The summed E-state index contributed by atoms with van der Waals surface area (Å²) in [5.74, 6) is 0.831. The van der Waals surface area contributed by atoms with Gasteiger partial charge in [0.2, 0.25) is 0 Å². The number of rotatable bonds is 7. The Labute approximate surface area is 177 Å². The number of amidine groups is 1. The van der Waals surface area contributed by atoms with Crippen LogP contribution in [0.5, 0.6) is 5.75 Å². The van der Waals surface area contributed by atoms with Crippen molar-refractivity contribution in [3.63, 3.8) is 0 Å². The number of anilines is 1. The lowest BCUT2D eigenvalue weighted by molar-refractivity contribution is -0.122. The van der Waals surface area contributed by atoms with E-state index in [4.69, 9.17) is 9.73 Å². The van der Waals surface area contributed by atoms with Crippen LogP contribution in [0.25, 0.3) is 6.08 Å². The minimum atomic E-state index is 0.0122. The maximum atomic E-state index is 12.9. The van der Waals surface area contributed by atoms with Crippen molar-refractivity contribution in [1.29, 1.82) is 0 Å². The topological polar surface area (TPSA) is 45.1 Å². The summed E-state index contributed by atoms with van der Waals surface area (Å²) < 4.78 is 5.48. The van der Waals surface area contributed by atoms with E-state index in [2.05, 4.69) is 24.0 Å². The SMILES string of the molecule is CCCN1C(=O)C(=Cc2ccc(N(C)C)cc2)SC1=Nc1ccc(OCC)cc1. The lowest BCUT2D eigenvalue weighted by atomic mass is 10.2. The van der Waals surface area contributed by atoms with Crippen molar-refractivity contribution in [3.8, 4) is 5.75 Å². The Morgan fingerprint density at radius 3 is 2.34 bits per heavy atom. The number of nitrogens with zero attached hydrogens (tertiary/aromatic N) is 3. The maximum absolute atomic E-state index is 12.9. The largest absolute Gasteiger partial charge is 0.494 e. The molecule has 1 saturated heterocycles. The van der Waals surface area contributed by atoms with Crippen molar-refractivity contribution < 1.29 is 9.53 Å². The van der Waals surface area contributed by atoms with Gasteiger partial charge < -0.3 is 9.64 Å². The molecule has 1 amide bonds. The van der Waals surface area contributed by atoms with Gasteiger partial charge in [0.15, 0.2) is 5.17 Å². The van der Waals surface area contributed by atoms with E-state index in [9.17, 15) is 4.79 Å². The van der Waals surface area contributed by atoms with Gasteiger partial charge in [-0.2, -0.15) is 0 Å². The van der Waals surface area contributed by atoms with Gasteiger partial charge in [-0.25, -0.2) is 4.99 Å². The molecule has 0 spiro atoms. The zero-order valence-electron chi connectivity index (χ0n) is 17.4. The maximum Gasteiger partial charge on any atom is 0.266 e. The second-order valence-electron chi connectivity index (χ2n) is 6.87. The molecule has 3 rings (SSSR count). The van der Waals surface area contributed by atoms with Crippen molar-refractivity contribution >= 4 is 40.3 Å². The average Bonchev–Trinajstić information content (AvgIpc) is 2.99. The molecule has 2 aromatic rings. The number of carbonyl (C=O) groups excluding carboxylic acids is 1. The lowest BCUT2D eigenvalue weighted by Crippen LogP contribution is -2.29. The molecule has 0 aliphatic carbocycles. The summed E-state index contributed by atoms with van der Waals surface area (Å²) in [6.07, 6.45) is 2.81. The molecule has 1 aliphatic rings. The summed E-state index contributed by atoms with van der Waals surface area (Å²) in [4.78, 5) is 22.2. The molecule has 0 N–H and O–H groups in total. The highest BCUT2D eigenvalue weighted by atomic mass is 32.2. The predicted molar refractivity (Wildman–Crippen MR) is 123 cm³/mol. The molecule has 0 atom stereocenters. The standard InChI is InChI=1S/C23H27N3O2S/c1-5-15-26-22(27)21(16-17-7-11-19(12-8-17)25(3)4)29-23(26)24-18-9-13-20(14-10-18)28-6-2/h7-14,16H,5-6,15H2,1-4H3. The number of aliphatic imine (C=N–C) groups is 1. The van der Waals surface area contributed by atoms with Crippen LogP contribution < -0.4 is 9.64 Å². The van der Waals surface area contributed by atoms with E-state index < -0.39 is 0 Å². The fourth-order valence-corrected chi connectivity index (χ4v) is 3.95. The van der Waals surface area contributed by atoms with E-state index in [0.717, 1.165) is 34.3 Å². The molecule has 6 heteroatoms. The van der Waals surface area contributed by atoms with Crippen LogP contribution in [0.2, 0.25) is 0 Å². The van der Waals surface area contributed by atoms with Crippen molar-refractivity contribution in [1.82, 2.24) is 4.90 Å². The van der Waals surface area contributed by atoms with Crippen LogP contribution in [0.15, 0.2) is 58.4 Å². The molecule has 2 aromatic carbocycles. The van der Waals surface area contributed by atoms with Crippen LogP contribution in [0.4, 0.5) is 11.4 Å². The highest BCUT2D eigenvalue weighted by Gasteiger charge is 2.32. The average molecular weight is 410 g/mol. The lowest BCUT2D eigenvalue weighted by Gasteiger charge is -2.14. The number of hydrogen-bond acceptors (Lipinski definition) is 5. The van der Waals surface area contributed by atoms with Crippen LogP contribution in [0, 0.1) is 0 Å².